The van der Waals surface area contributed by atoms with Gasteiger partial charge in [-0.3, -0.25) is 0 Å². The molecule has 0 radical (unpaired) electrons. The van der Waals surface area contributed by atoms with Gasteiger partial charge in [0.15, 0.2) is 0 Å². The van der Waals surface area contributed by atoms with E-state index >= 15 is 0 Å². The summed E-state index contributed by atoms with van der Waals surface area (Å²) in [7, 11) is 0. The van der Waals surface area contributed by atoms with Gasteiger partial charge in [-0.25, -0.2) is 9.97 Å². The highest BCUT2D eigenvalue weighted by atomic mass is 32.1. The van der Waals surface area contributed by atoms with Crippen LogP contribution in [0.15, 0.2) is 152 Å². The minimum absolute atomic E-state index is 0.663. The lowest BCUT2D eigenvalue weighted by Crippen LogP contribution is -2.01. The first-order valence-corrected chi connectivity index (χ1v) is 18.6. The molecule has 0 aliphatic rings. The van der Waals surface area contributed by atoms with Crippen LogP contribution in [0.4, 0.5) is 0 Å². The molecule has 0 unspecified atom stereocenters. The van der Waals surface area contributed by atoms with E-state index in [1.807, 2.05) is 11.3 Å². The monoisotopic (exact) mass is 674 g/mol. The summed E-state index contributed by atoms with van der Waals surface area (Å²) in [4.78, 5) is 11.9. The molecule has 0 N–H and O–H groups in total. The van der Waals surface area contributed by atoms with Crippen molar-refractivity contribution in [3.8, 4) is 33.5 Å². The highest BCUT2D eigenvalue weighted by Gasteiger charge is 2.20. The van der Waals surface area contributed by atoms with Crippen LogP contribution >= 0.6 is 22.7 Å². The molecule has 0 fully saturated rings. The molecule has 0 saturated heterocycles. The Hall–Kier alpha value is -5.68. The predicted molar refractivity (Wildman–Crippen MR) is 216 cm³/mol. The molecule has 3 heterocycles. The van der Waals surface area contributed by atoms with Crippen LogP contribution in [-0.4, -0.2) is 9.97 Å². The van der Waals surface area contributed by atoms with E-state index in [1.165, 1.54) is 69.0 Å². The number of aryl methyl sites for hydroxylation is 1. The molecule has 10 rings (SSSR count). The SMILES string of the molecule is Cc1ccccc1-c1cc2c(cc1Cc1nc3sc4ccccc4c3nc1-c1cccc(-c3ccccc3)c1)sc1ccc3ccccc3c12. The molecule has 2 nitrogen and oxygen atoms in total. The van der Waals surface area contributed by atoms with Gasteiger partial charge in [0.25, 0.3) is 0 Å². The summed E-state index contributed by atoms with van der Waals surface area (Å²) in [6, 6.07) is 54.8. The van der Waals surface area contributed by atoms with Gasteiger partial charge in [0, 0.05) is 42.2 Å². The van der Waals surface area contributed by atoms with Crippen LogP contribution in [0.25, 0.3) is 84.9 Å². The highest BCUT2D eigenvalue weighted by Crippen LogP contribution is 2.43. The van der Waals surface area contributed by atoms with Crippen molar-refractivity contribution in [1.29, 1.82) is 0 Å². The molecule has 236 valence electrons. The first-order chi connectivity index (χ1) is 24.7. The number of thiophene rings is 2. The van der Waals surface area contributed by atoms with Crippen molar-refractivity contribution in [2.45, 2.75) is 13.3 Å². The molecule has 50 heavy (non-hydrogen) atoms. The van der Waals surface area contributed by atoms with Gasteiger partial charge in [-0.05, 0) is 81.4 Å². The van der Waals surface area contributed by atoms with Crippen LogP contribution in [0.1, 0.15) is 16.8 Å². The van der Waals surface area contributed by atoms with Crippen molar-refractivity contribution in [2.75, 3.05) is 0 Å². The van der Waals surface area contributed by atoms with E-state index in [-0.39, 0.29) is 0 Å². The maximum Gasteiger partial charge on any atom is 0.143 e. The number of aromatic nitrogens is 2. The Morgan fingerprint density at radius 2 is 1.26 bits per heavy atom. The second-order valence-corrected chi connectivity index (χ2v) is 15.1. The van der Waals surface area contributed by atoms with Crippen LogP contribution in [0.5, 0.6) is 0 Å². The van der Waals surface area contributed by atoms with Crippen LogP contribution < -0.4 is 0 Å². The molecule has 10 aromatic rings. The number of nitrogens with zero attached hydrogens (tertiary/aromatic N) is 2. The lowest BCUT2D eigenvalue weighted by atomic mass is 9.90. The predicted octanol–water partition coefficient (Wildman–Crippen LogP) is 13.3. The number of hydrogen-bond donors (Lipinski definition) is 0. The molecule has 0 bridgehead atoms. The molecular weight excluding hydrogens is 645 g/mol. The Bertz CT molecular complexity index is 2920. The largest absolute Gasteiger partial charge is 0.243 e. The van der Waals surface area contributed by atoms with Gasteiger partial charge in [-0.1, -0.05) is 121 Å². The molecule has 0 spiro atoms. The smallest absolute Gasteiger partial charge is 0.143 e. The lowest BCUT2D eigenvalue weighted by molar-refractivity contribution is 1.08. The molecule has 0 aliphatic heterocycles. The van der Waals surface area contributed by atoms with Crippen molar-refractivity contribution >= 4 is 74.1 Å². The van der Waals surface area contributed by atoms with Gasteiger partial charge in [0.1, 0.15) is 10.3 Å². The third-order valence-corrected chi connectivity index (χ3v) is 12.1. The Kier molecular flexibility index (Phi) is 6.86. The van der Waals surface area contributed by atoms with E-state index in [9.17, 15) is 0 Å². The quantitative estimate of drug-likeness (QED) is 0.182. The maximum absolute atomic E-state index is 5.47. The van der Waals surface area contributed by atoms with Crippen molar-refractivity contribution in [3.05, 3.63) is 168 Å². The van der Waals surface area contributed by atoms with Crippen LogP contribution in [0.2, 0.25) is 0 Å². The van der Waals surface area contributed by atoms with Gasteiger partial charge in [0.05, 0.1) is 11.4 Å². The summed E-state index contributed by atoms with van der Waals surface area (Å²) in [5.41, 5.74) is 11.4. The number of fused-ring (bicyclic) bond motifs is 8. The zero-order valence-electron chi connectivity index (χ0n) is 27.4. The Morgan fingerprint density at radius 1 is 0.500 bits per heavy atom. The lowest BCUT2D eigenvalue weighted by Gasteiger charge is -2.15. The first-order valence-electron chi connectivity index (χ1n) is 16.9. The van der Waals surface area contributed by atoms with E-state index in [4.69, 9.17) is 9.97 Å². The second kappa shape index (κ2) is 11.7. The van der Waals surface area contributed by atoms with Gasteiger partial charge in [0.2, 0.25) is 0 Å². The number of benzene rings is 7. The minimum Gasteiger partial charge on any atom is -0.243 e. The Labute approximate surface area is 298 Å². The van der Waals surface area contributed by atoms with Crippen LogP contribution in [0.3, 0.4) is 0 Å². The van der Waals surface area contributed by atoms with Crippen LogP contribution in [0, 0.1) is 6.92 Å². The summed E-state index contributed by atoms with van der Waals surface area (Å²) in [5.74, 6) is 0. The Morgan fingerprint density at radius 3 is 2.16 bits per heavy atom. The van der Waals surface area contributed by atoms with Gasteiger partial charge in [-0.2, -0.15) is 0 Å². The fourth-order valence-electron chi connectivity index (χ4n) is 7.47. The molecule has 0 aliphatic carbocycles. The van der Waals surface area contributed by atoms with E-state index < -0.39 is 0 Å². The van der Waals surface area contributed by atoms with Crippen LogP contribution in [-0.2, 0) is 6.42 Å². The molecule has 7 aromatic carbocycles. The van der Waals surface area contributed by atoms with E-state index in [2.05, 4.69) is 159 Å². The maximum atomic E-state index is 5.47. The minimum atomic E-state index is 0.663. The number of hydrogen-bond acceptors (Lipinski definition) is 4. The van der Waals surface area contributed by atoms with Crippen molar-refractivity contribution in [1.82, 2.24) is 9.97 Å². The van der Waals surface area contributed by atoms with E-state index in [0.29, 0.717) is 6.42 Å². The molecule has 0 saturated carbocycles. The molecular formula is C46H30N2S2. The molecule has 0 atom stereocenters. The van der Waals surface area contributed by atoms with Crippen molar-refractivity contribution < 1.29 is 0 Å². The third-order valence-electron chi connectivity index (χ3n) is 9.91. The topological polar surface area (TPSA) is 25.8 Å². The fraction of sp³-hybridized carbons (Fsp3) is 0.0435. The summed E-state index contributed by atoms with van der Waals surface area (Å²) in [5, 5.41) is 6.39. The molecule has 0 amide bonds. The normalized spacial score (nSPS) is 11.8. The fourth-order valence-corrected chi connectivity index (χ4v) is 9.68. The average Bonchev–Trinajstić information content (AvgIpc) is 3.72. The van der Waals surface area contributed by atoms with E-state index in [0.717, 1.165) is 32.7 Å². The van der Waals surface area contributed by atoms with Crippen molar-refractivity contribution in [3.63, 3.8) is 0 Å². The van der Waals surface area contributed by atoms with Gasteiger partial charge in [-0.15, -0.1) is 22.7 Å². The third kappa shape index (κ3) is 4.83. The summed E-state index contributed by atoms with van der Waals surface area (Å²) in [6.07, 6.45) is 0.663. The Balaban J connectivity index is 1.23. The van der Waals surface area contributed by atoms with Gasteiger partial charge < -0.3 is 0 Å². The van der Waals surface area contributed by atoms with Crippen molar-refractivity contribution in [2.24, 2.45) is 0 Å². The zero-order valence-corrected chi connectivity index (χ0v) is 29.0. The summed E-state index contributed by atoms with van der Waals surface area (Å²) < 4.78 is 3.83. The number of rotatable bonds is 5. The standard InChI is InChI=1S/C46H30N2S2/c1-28-12-5-7-18-34(28)37-27-38-42(49-41-23-22-30-15-6-8-19-35(30)43(38)41)26-33(37)25-39-44(32-17-11-16-31(24-32)29-13-3-2-4-14-29)48-45-36-20-9-10-21-40(36)50-46(45)47-39/h2-24,26-27H,25H2,1H3. The summed E-state index contributed by atoms with van der Waals surface area (Å²) >= 11 is 3.61. The molecule has 4 heteroatoms. The molecule has 3 aromatic heterocycles. The van der Waals surface area contributed by atoms with E-state index in [1.54, 1.807) is 11.3 Å². The summed E-state index contributed by atoms with van der Waals surface area (Å²) in [6.45, 7) is 2.22. The first kappa shape index (κ1) is 29.3. The average molecular weight is 675 g/mol. The van der Waals surface area contributed by atoms with Gasteiger partial charge >= 0.3 is 0 Å². The zero-order chi connectivity index (χ0) is 33.2. The highest BCUT2D eigenvalue weighted by molar-refractivity contribution is 7.26. The second-order valence-electron chi connectivity index (χ2n) is 13.0.